The van der Waals surface area contributed by atoms with Crippen molar-refractivity contribution in [3.63, 3.8) is 0 Å². The number of benzene rings is 2. The van der Waals surface area contributed by atoms with Crippen LogP contribution in [0, 0.1) is 5.92 Å². The summed E-state index contributed by atoms with van der Waals surface area (Å²) in [6, 6.07) is 15.0. The molecular formula is C28H38F3N3O. The van der Waals surface area contributed by atoms with Crippen molar-refractivity contribution in [1.29, 1.82) is 0 Å². The van der Waals surface area contributed by atoms with Crippen molar-refractivity contribution in [1.82, 2.24) is 10.2 Å². The van der Waals surface area contributed by atoms with Gasteiger partial charge in [0.15, 0.2) is 0 Å². The highest BCUT2D eigenvalue weighted by molar-refractivity contribution is 5.58. The van der Waals surface area contributed by atoms with Crippen LogP contribution in [-0.2, 0) is 10.9 Å². The van der Waals surface area contributed by atoms with E-state index in [1.165, 1.54) is 6.07 Å². The standard InChI is InChI=1S/C28H38F3N3O/c1-18(2)32-14-15-34(19(3)4)17-22-11-12-23-26(20-8-6-5-7-9-20)33-25-13-10-21(28(29,30)31)16-24(25)27(23)35-22/h5-10,13,16,18-19,22-23,26-27,32-33H,11-12,14-15,17H2,1-4H3/t22-,23+,26+,27+/m1/s1. The van der Waals surface area contributed by atoms with Gasteiger partial charge >= 0.3 is 6.18 Å². The molecule has 0 unspecified atom stereocenters. The molecule has 0 amide bonds. The molecule has 192 valence electrons. The van der Waals surface area contributed by atoms with Gasteiger partial charge in [0.2, 0.25) is 0 Å². The summed E-state index contributed by atoms with van der Waals surface area (Å²) in [5.41, 5.74) is 1.87. The third-order valence-electron chi connectivity index (χ3n) is 7.25. The summed E-state index contributed by atoms with van der Waals surface area (Å²) in [6.07, 6.45) is -2.99. The number of fused-ring (bicyclic) bond motifs is 3. The van der Waals surface area contributed by atoms with E-state index in [4.69, 9.17) is 4.74 Å². The van der Waals surface area contributed by atoms with Gasteiger partial charge in [-0.1, -0.05) is 44.2 Å². The summed E-state index contributed by atoms with van der Waals surface area (Å²) in [6.45, 7) is 11.2. The number of alkyl halides is 3. The van der Waals surface area contributed by atoms with Gasteiger partial charge in [-0.05, 0) is 50.5 Å². The zero-order valence-electron chi connectivity index (χ0n) is 21.1. The van der Waals surface area contributed by atoms with E-state index in [0.717, 1.165) is 49.8 Å². The largest absolute Gasteiger partial charge is 0.416 e. The molecule has 0 aliphatic carbocycles. The molecule has 7 heteroatoms. The smallest absolute Gasteiger partial charge is 0.378 e. The van der Waals surface area contributed by atoms with Crippen LogP contribution >= 0.6 is 0 Å². The second-order valence-electron chi connectivity index (χ2n) is 10.4. The van der Waals surface area contributed by atoms with Crippen molar-refractivity contribution in [3.05, 3.63) is 65.2 Å². The SMILES string of the molecule is CC(C)NCCN(C[C@H]1CC[C@@H]2[C@H](O1)c1cc(C(F)(F)F)ccc1N[C@H]2c1ccccc1)C(C)C. The third-order valence-corrected chi connectivity index (χ3v) is 7.25. The molecule has 0 bridgehead atoms. The van der Waals surface area contributed by atoms with E-state index in [2.05, 4.69) is 55.4 Å². The molecule has 4 atom stereocenters. The molecule has 0 saturated carbocycles. The summed E-state index contributed by atoms with van der Waals surface area (Å²) in [5, 5.41) is 7.01. The molecule has 1 fully saturated rings. The van der Waals surface area contributed by atoms with Crippen LogP contribution in [0.2, 0.25) is 0 Å². The van der Waals surface area contributed by atoms with Crippen LogP contribution in [0.1, 0.15) is 69.4 Å². The van der Waals surface area contributed by atoms with E-state index < -0.39 is 11.7 Å². The first-order valence-electron chi connectivity index (χ1n) is 12.8. The Hall–Kier alpha value is -2.09. The predicted molar refractivity (Wildman–Crippen MR) is 134 cm³/mol. The minimum Gasteiger partial charge on any atom is -0.378 e. The predicted octanol–water partition coefficient (Wildman–Crippen LogP) is 6.42. The molecule has 2 aromatic rings. The van der Waals surface area contributed by atoms with Gasteiger partial charge in [0.25, 0.3) is 0 Å². The van der Waals surface area contributed by atoms with Crippen LogP contribution in [0.3, 0.4) is 0 Å². The molecule has 2 N–H and O–H groups in total. The molecule has 0 spiro atoms. The van der Waals surface area contributed by atoms with Gasteiger partial charge in [-0.25, -0.2) is 0 Å². The van der Waals surface area contributed by atoms with Crippen molar-refractivity contribution < 1.29 is 17.9 Å². The Morgan fingerprint density at radius 3 is 2.46 bits per heavy atom. The van der Waals surface area contributed by atoms with E-state index in [1.807, 2.05) is 18.2 Å². The molecular weight excluding hydrogens is 451 g/mol. The van der Waals surface area contributed by atoms with Crippen molar-refractivity contribution in [3.8, 4) is 0 Å². The average molecular weight is 490 g/mol. The maximum atomic E-state index is 13.6. The lowest BCUT2D eigenvalue weighted by Crippen LogP contribution is -2.46. The number of anilines is 1. The van der Waals surface area contributed by atoms with Crippen molar-refractivity contribution in [2.24, 2.45) is 5.92 Å². The lowest BCUT2D eigenvalue weighted by molar-refractivity contribution is -0.138. The second-order valence-corrected chi connectivity index (χ2v) is 10.4. The van der Waals surface area contributed by atoms with Gasteiger partial charge in [0.05, 0.1) is 23.8 Å². The van der Waals surface area contributed by atoms with Crippen molar-refractivity contribution in [2.45, 2.75) is 77.0 Å². The van der Waals surface area contributed by atoms with E-state index in [0.29, 0.717) is 17.6 Å². The zero-order valence-corrected chi connectivity index (χ0v) is 21.1. The number of nitrogens with one attached hydrogen (secondary N) is 2. The maximum absolute atomic E-state index is 13.6. The molecule has 2 aliphatic rings. The Morgan fingerprint density at radius 1 is 1.06 bits per heavy atom. The van der Waals surface area contributed by atoms with E-state index in [1.54, 1.807) is 6.07 Å². The minimum atomic E-state index is -4.38. The number of hydrogen-bond acceptors (Lipinski definition) is 4. The first-order chi connectivity index (χ1) is 16.6. The Balaban J connectivity index is 1.59. The highest BCUT2D eigenvalue weighted by Gasteiger charge is 2.44. The van der Waals surface area contributed by atoms with Crippen molar-refractivity contribution in [2.75, 3.05) is 25.0 Å². The molecule has 4 nitrogen and oxygen atoms in total. The van der Waals surface area contributed by atoms with Gasteiger partial charge in [-0.3, -0.25) is 4.90 Å². The van der Waals surface area contributed by atoms with Gasteiger partial charge < -0.3 is 15.4 Å². The Bertz CT molecular complexity index is 964. The van der Waals surface area contributed by atoms with Gasteiger partial charge in [0.1, 0.15) is 0 Å². The number of hydrogen-bond donors (Lipinski definition) is 2. The lowest BCUT2D eigenvalue weighted by atomic mass is 9.76. The zero-order chi connectivity index (χ0) is 25.2. The molecule has 2 aromatic carbocycles. The summed E-state index contributed by atoms with van der Waals surface area (Å²) in [4.78, 5) is 2.41. The molecule has 0 aromatic heterocycles. The van der Waals surface area contributed by atoms with Crippen molar-refractivity contribution >= 4 is 5.69 Å². The van der Waals surface area contributed by atoms with Gasteiger partial charge in [-0.2, -0.15) is 13.2 Å². The summed E-state index contributed by atoms with van der Waals surface area (Å²) in [7, 11) is 0. The highest BCUT2D eigenvalue weighted by Crippen LogP contribution is 2.51. The number of halogens is 3. The summed E-state index contributed by atoms with van der Waals surface area (Å²) in [5.74, 6) is 0.0692. The number of nitrogens with zero attached hydrogens (tertiary/aromatic N) is 1. The molecule has 4 rings (SSSR count). The van der Waals surface area contributed by atoms with Gasteiger partial charge in [0, 0.05) is 48.9 Å². The lowest BCUT2D eigenvalue weighted by Gasteiger charge is -2.46. The second kappa shape index (κ2) is 10.9. The van der Waals surface area contributed by atoms with Crippen LogP contribution in [0.15, 0.2) is 48.5 Å². The maximum Gasteiger partial charge on any atom is 0.416 e. The molecule has 2 heterocycles. The monoisotopic (exact) mass is 489 g/mol. The van der Waals surface area contributed by atoms with Crippen LogP contribution in [0.5, 0.6) is 0 Å². The number of rotatable bonds is 8. The Labute approximate surface area is 207 Å². The van der Waals surface area contributed by atoms with E-state index in [9.17, 15) is 13.2 Å². The molecule has 2 aliphatic heterocycles. The first-order valence-corrected chi connectivity index (χ1v) is 12.8. The fourth-order valence-electron chi connectivity index (χ4n) is 5.38. The van der Waals surface area contributed by atoms with E-state index in [-0.39, 0.29) is 24.2 Å². The minimum absolute atomic E-state index is 0.00262. The normalized spacial score (nSPS) is 24.4. The van der Waals surface area contributed by atoms with Crippen LogP contribution in [0.4, 0.5) is 18.9 Å². The molecule has 0 radical (unpaired) electrons. The topological polar surface area (TPSA) is 36.5 Å². The van der Waals surface area contributed by atoms with Crippen LogP contribution in [0.25, 0.3) is 0 Å². The molecule has 1 saturated heterocycles. The quantitative estimate of drug-likeness (QED) is 0.449. The van der Waals surface area contributed by atoms with Crippen LogP contribution in [-0.4, -0.2) is 42.7 Å². The van der Waals surface area contributed by atoms with Crippen LogP contribution < -0.4 is 10.6 Å². The Morgan fingerprint density at radius 2 is 1.80 bits per heavy atom. The highest BCUT2D eigenvalue weighted by atomic mass is 19.4. The summed E-state index contributed by atoms with van der Waals surface area (Å²) >= 11 is 0. The third kappa shape index (κ3) is 6.19. The first kappa shape index (κ1) is 26.0. The average Bonchev–Trinajstić information content (AvgIpc) is 2.82. The van der Waals surface area contributed by atoms with Gasteiger partial charge in [-0.15, -0.1) is 0 Å². The Kier molecular flexibility index (Phi) is 8.09. The summed E-state index contributed by atoms with van der Waals surface area (Å²) < 4.78 is 47.4. The fourth-order valence-corrected chi connectivity index (χ4v) is 5.38. The van der Waals surface area contributed by atoms with E-state index >= 15 is 0 Å². The fraction of sp³-hybridized carbons (Fsp3) is 0.571. The number of ether oxygens (including phenoxy) is 1. The molecule has 35 heavy (non-hydrogen) atoms.